The molecule has 1 heterocycles. The third-order valence-corrected chi connectivity index (χ3v) is 5.03. The SMILES string of the molecule is CC1CNC(C2CC2)CN1CCC1=CCCCC1. The highest BCUT2D eigenvalue weighted by Gasteiger charge is 2.35. The first-order valence-corrected chi connectivity index (χ1v) is 7.98. The van der Waals surface area contributed by atoms with Gasteiger partial charge in [-0.05, 0) is 57.8 Å². The smallest absolute Gasteiger partial charge is 0.0224 e. The standard InChI is InChI=1S/C16H28N2/c1-13-11-17-16(15-7-8-15)12-18(13)10-9-14-5-3-2-4-6-14/h5,13,15-17H,2-4,6-12H2,1H3. The van der Waals surface area contributed by atoms with Gasteiger partial charge < -0.3 is 5.32 Å². The molecule has 3 rings (SSSR count). The largest absolute Gasteiger partial charge is 0.311 e. The van der Waals surface area contributed by atoms with E-state index in [0.29, 0.717) is 0 Å². The van der Waals surface area contributed by atoms with Crippen molar-refractivity contribution in [3.05, 3.63) is 11.6 Å². The first-order chi connectivity index (χ1) is 8.83. The van der Waals surface area contributed by atoms with E-state index in [1.54, 1.807) is 5.57 Å². The van der Waals surface area contributed by atoms with Gasteiger partial charge in [0.1, 0.15) is 0 Å². The van der Waals surface area contributed by atoms with E-state index < -0.39 is 0 Å². The zero-order valence-corrected chi connectivity index (χ0v) is 11.8. The van der Waals surface area contributed by atoms with E-state index in [2.05, 4.69) is 23.2 Å². The lowest BCUT2D eigenvalue weighted by Crippen LogP contribution is -2.56. The quantitative estimate of drug-likeness (QED) is 0.770. The van der Waals surface area contributed by atoms with Crippen LogP contribution < -0.4 is 5.32 Å². The number of rotatable bonds is 4. The van der Waals surface area contributed by atoms with Gasteiger partial charge in [0, 0.05) is 31.7 Å². The van der Waals surface area contributed by atoms with Crippen molar-refractivity contribution in [2.24, 2.45) is 5.92 Å². The predicted molar refractivity (Wildman–Crippen MR) is 76.7 cm³/mol. The summed E-state index contributed by atoms with van der Waals surface area (Å²) < 4.78 is 0. The second kappa shape index (κ2) is 5.75. The Morgan fingerprint density at radius 2 is 2.22 bits per heavy atom. The van der Waals surface area contributed by atoms with Crippen molar-refractivity contribution in [1.82, 2.24) is 10.2 Å². The van der Waals surface area contributed by atoms with Gasteiger partial charge in [-0.1, -0.05) is 11.6 Å². The monoisotopic (exact) mass is 248 g/mol. The van der Waals surface area contributed by atoms with Crippen molar-refractivity contribution in [3.8, 4) is 0 Å². The Morgan fingerprint density at radius 3 is 2.94 bits per heavy atom. The third-order valence-electron chi connectivity index (χ3n) is 5.03. The normalized spacial score (nSPS) is 34.4. The van der Waals surface area contributed by atoms with Gasteiger partial charge in [0.05, 0.1) is 0 Å². The van der Waals surface area contributed by atoms with Crippen LogP contribution in [0.2, 0.25) is 0 Å². The van der Waals surface area contributed by atoms with Gasteiger partial charge >= 0.3 is 0 Å². The lowest BCUT2D eigenvalue weighted by Gasteiger charge is -2.39. The van der Waals surface area contributed by atoms with E-state index in [4.69, 9.17) is 0 Å². The van der Waals surface area contributed by atoms with Gasteiger partial charge in [0.2, 0.25) is 0 Å². The summed E-state index contributed by atoms with van der Waals surface area (Å²) >= 11 is 0. The maximum Gasteiger partial charge on any atom is 0.0224 e. The Hall–Kier alpha value is -0.340. The Balaban J connectivity index is 1.48. The molecule has 18 heavy (non-hydrogen) atoms. The minimum atomic E-state index is 0.726. The summed E-state index contributed by atoms with van der Waals surface area (Å²) in [6.45, 7) is 6.16. The summed E-state index contributed by atoms with van der Waals surface area (Å²) in [6, 6.07) is 1.52. The van der Waals surface area contributed by atoms with E-state index in [1.807, 2.05) is 0 Å². The van der Waals surface area contributed by atoms with Crippen LogP contribution in [0.1, 0.15) is 51.9 Å². The minimum absolute atomic E-state index is 0.726. The van der Waals surface area contributed by atoms with Crippen LogP contribution in [0.5, 0.6) is 0 Å². The fourth-order valence-electron chi connectivity index (χ4n) is 3.49. The van der Waals surface area contributed by atoms with Gasteiger partial charge in [0.25, 0.3) is 0 Å². The fourth-order valence-corrected chi connectivity index (χ4v) is 3.49. The topological polar surface area (TPSA) is 15.3 Å². The van der Waals surface area contributed by atoms with E-state index in [9.17, 15) is 0 Å². The summed E-state index contributed by atoms with van der Waals surface area (Å²) in [4.78, 5) is 2.73. The van der Waals surface area contributed by atoms with Gasteiger partial charge in [-0.25, -0.2) is 0 Å². The molecule has 2 fully saturated rings. The second-order valence-corrected chi connectivity index (χ2v) is 6.55. The van der Waals surface area contributed by atoms with Crippen molar-refractivity contribution in [2.75, 3.05) is 19.6 Å². The molecule has 2 aliphatic carbocycles. The van der Waals surface area contributed by atoms with Crippen LogP contribution in [0.4, 0.5) is 0 Å². The van der Waals surface area contributed by atoms with Crippen molar-refractivity contribution in [3.63, 3.8) is 0 Å². The molecule has 0 amide bonds. The van der Waals surface area contributed by atoms with Crippen molar-refractivity contribution in [2.45, 2.75) is 64.0 Å². The lowest BCUT2D eigenvalue weighted by atomic mass is 9.96. The molecule has 2 unspecified atom stereocenters. The van der Waals surface area contributed by atoms with E-state index >= 15 is 0 Å². The maximum atomic E-state index is 3.74. The molecule has 3 aliphatic rings. The summed E-state index contributed by atoms with van der Waals surface area (Å²) in [5.41, 5.74) is 1.73. The van der Waals surface area contributed by atoms with Crippen LogP contribution in [0, 0.1) is 5.92 Å². The van der Waals surface area contributed by atoms with Crippen LogP contribution in [-0.4, -0.2) is 36.6 Å². The summed E-state index contributed by atoms with van der Waals surface area (Å²) in [5.74, 6) is 0.994. The second-order valence-electron chi connectivity index (χ2n) is 6.55. The number of nitrogens with zero attached hydrogens (tertiary/aromatic N) is 1. The van der Waals surface area contributed by atoms with E-state index in [-0.39, 0.29) is 0 Å². The van der Waals surface area contributed by atoms with Crippen molar-refractivity contribution < 1.29 is 0 Å². The highest BCUT2D eigenvalue weighted by atomic mass is 15.2. The molecule has 1 aliphatic heterocycles. The Labute approximate surface area is 112 Å². The molecule has 0 aromatic heterocycles. The highest BCUT2D eigenvalue weighted by molar-refractivity contribution is 5.05. The molecular weight excluding hydrogens is 220 g/mol. The fraction of sp³-hybridized carbons (Fsp3) is 0.875. The zero-order valence-electron chi connectivity index (χ0n) is 11.8. The summed E-state index contributed by atoms with van der Waals surface area (Å²) in [7, 11) is 0. The molecule has 102 valence electrons. The number of hydrogen-bond acceptors (Lipinski definition) is 2. The molecule has 1 saturated carbocycles. The van der Waals surface area contributed by atoms with Crippen molar-refractivity contribution in [1.29, 1.82) is 0 Å². The maximum absolute atomic E-state index is 3.74. The van der Waals surface area contributed by atoms with Gasteiger partial charge in [-0.2, -0.15) is 0 Å². The molecule has 0 aromatic carbocycles. The van der Waals surface area contributed by atoms with Gasteiger partial charge in [0.15, 0.2) is 0 Å². The molecule has 0 aromatic rings. The first kappa shape index (κ1) is 12.7. The van der Waals surface area contributed by atoms with Gasteiger partial charge in [-0.15, -0.1) is 0 Å². The predicted octanol–water partition coefficient (Wildman–Crippen LogP) is 2.95. The Bertz CT molecular complexity index is 306. The minimum Gasteiger partial charge on any atom is -0.311 e. The Kier molecular flexibility index (Phi) is 4.05. The Morgan fingerprint density at radius 1 is 1.33 bits per heavy atom. The zero-order chi connectivity index (χ0) is 12.4. The van der Waals surface area contributed by atoms with E-state index in [1.165, 1.54) is 64.6 Å². The van der Waals surface area contributed by atoms with Crippen LogP contribution >= 0.6 is 0 Å². The van der Waals surface area contributed by atoms with Crippen LogP contribution in [-0.2, 0) is 0 Å². The first-order valence-electron chi connectivity index (χ1n) is 7.98. The summed E-state index contributed by atoms with van der Waals surface area (Å²) in [5, 5.41) is 3.74. The molecule has 2 nitrogen and oxygen atoms in total. The van der Waals surface area contributed by atoms with Crippen molar-refractivity contribution >= 4 is 0 Å². The third kappa shape index (κ3) is 3.16. The number of nitrogens with one attached hydrogen (secondary N) is 1. The van der Waals surface area contributed by atoms with Crippen LogP contribution in [0.15, 0.2) is 11.6 Å². The van der Waals surface area contributed by atoms with Gasteiger partial charge in [-0.3, -0.25) is 4.90 Å². The molecule has 0 radical (unpaired) electrons. The van der Waals surface area contributed by atoms with Crippen LogP contribution in [0.3, 0.4) is 0 Å². The molecule has 0 spiro atoms. The lowest BCUT2D eigenvalue weighted by molar-refractivity contribution is 0.134. The average molecular weight is 248 g/mol. The number of allylic oxidation sites excluding steroid dienone is 1. The average Bonchev–Trinajstić information content (AvgIpc) is 3.23. The number of hydrogen-bond donors (Lipinski definition) is 1. The highest BCUT2D eigenvalue weighted by Crippen LogP contribution is 2.34. The number of piperazine rings is 1. The van der Waals surface area contributed by atoms with Crippen LogP contribution in [0.25, 0.3) is 0 Å². The molecule has 1 saturated heterocycles. The van der Waals surface area contributed by atoms with E-state index in [0.717, 1.165) is 18.0 Å². The summed E-state index contributed by atoms with van der Waals surface area (Å²) in [6.07, 6.45) is 12.3. The molecule has 0 bridgehead atoms. The molecular formula is C16H28N2. The molecule has 2 atom stereocenters. The molecule has 2 heteroatoms. The molecule has 1 N–H and O–H groups in total.